The van der Waals surface area contributed by atoms with Crippen LogP contribution in [0.1, 0.15) is 20.8 Å². The third-order valence-corrected chi connectivity index (χ3v) is 9.15. The molecule has 0 saturated carbocycles. The molecule has 0 radical (unpaired) electrons. The Hall–Kier alpha value is -2.67. The monoisotopic (exact) mass is 368 g/mol. The Balaban J connectivity index is 1.78. The summed E-state index contributed by atoms with van der Waals surface area (Å²) >= 11 is 0. The van der Waals surface area contributed by atoms with E-state index in [1.807, 2.05) is 30.3 Å². The highest BCUT2D eigenvalue weighted by molar-refractivity contribution is 6.74. The van der Waals surface area contributed by atoms with Crippen LogP contribution in [0.15, 0.2) is 48.5 Å². The zero-order valence-electron chi connectivity index (χ0n) is 15.8. The average Bonchev–Trinajstić information content (AvgIpc) is 2.55. The van der Waals surface area contributed by atoms with Crippen molar-refractivity contribution in [3.05, 3.63) is 53.7 Å². The maximum Gasteiger partial charge on any atom is 0.295 e. The number of benzene rings is 2. The quantitative estimate of drug-likeness (QED) is 0.420. The molecule has 0 fully saturated rings. The maximum absolute atomic E-state index is 12.0. The standard InChI is InChI=1S/C19H24N4O2Si/c1-19(2,3)26(4,5)25-15-12-10-14(11-13-15)20-18-21-16-8-6-7-9-17(16)23(24)22-18/h6-13H,1-5H3,(H,20,21,22). The fourth-order valence-electron chi connectivity index (χ4n) is 2.23. The third-order valence-electron chi connectivity index (χ3n) is 4.79. The summed E-state index contributed by atoms with van der Waals surface area (Å²) in [4.78, 5) is 4.96. The molecule has 0 aliphatic rings. The van der Waals surface area contributed by atoms with Gasteiger partial charge in [0.05, 0.1) is 5.10 Å². The van der Waals surface area contributed by atoms with Crippen molar-refractivity contribution in [1.82, 2.24) is 10.1 Å². The molecule has 6 nitrogen and oxygen atoms in total. The number of rotatable bonds is 4. The van der Waals surface area contributed by atoms with E-state index in [1.54, 1.807) is 18.2 Å². The van der Waals surface area contributed by atoms with Gasteiger partial charge in [-0.2, -0.15) is 0 Å². The predicted molar refractivity (Wildman–Crippen MR) is 106 cm³/mol. The minimum atomic E-state index is -1.87. The third kappa shape index (κ3) is 3.77. The summed E-state index contributed by atoms with van der Waals surface area (Å²) in [5.41, 5.74) is 1.83. The smallest absolute Gasteiger partial charge is 0.295 e. The number of para-hydroxylation sites is 2. The molecule has 0 bridgehead atoms. The Bertz CT molecular complexity index is 921. The fraction of sp³-hybridized carbons (Fsp3) is 0.316. The number of hydrogen-bond acceptors (Lipinski definition) is 5. The van der Waals surface area contributed by atoms with Gasteiger partial charge in [0.15, 0.2) is 0 Å². The topological polar surface area (TPSA) is 74.0 Å². The van der Waals surface area contributed by atoms with Gasteiger partial charge < -0.3 is 15.0 Å². The first kappa shape index (κ1) is 18.1. The van der Waals surface area contributed by atoms with Gasteiger partial charge in [-0.25, -0.2) is 4.98 Å². The molecule has 1 heterocycles. The molecule has 1 N–H and O–H groups in total. The van der Waals surface area contributed by atoms with E-state index in [-0.39, 0.29) is 11.0 Å². The van der Waals surface area contributed by atoms with Crippen LogP contribution in [0.25, 0.3) is 11.0 Å². The van der Waals surface area contributed by atoms with E-state index >= 15 is 0 Å². The van der Waals surface area contributed by atoms with Gasteiger partial charge in [-0.3, -0.25) is 0 Å². The molecule has 26 heavy (non-hydrogen) atoms. The lowest BCUT2D eigenvalue weighted by Gasteiger charge is -2.36. The predicted octanol–water partition coefficient (Wildman–Crippen LogP) is 4.39. The van der Waals surface area contributed by atoms with Gasteiger partial charge in [-0.1, -0.05) is 32.9 Å². The Morgan fingerprint density at radius 3 is 2.35 bits per heavy atom. The van der Waals surface area contributed by atoms with E-state index < -0.39 is 8.32 Å². The highest BCUT2D eigenvalue weighted by Crippen LogP contribution is 2.37. The molecule has 1 aromatic heterocycles. The lowest BCUT2D eigenvalue weighted by molar-refractivity contribution is -0.641. The van der Waals surface area contributed by atoms with Crippen molar-refractivity contribution in [2.24, 2.45) is 0 Å². The van der Waals surface area contributed by atoms with E-state index in [2.05, 4.69) is 49.3 Å². The van der Waals surface area contributed by atoms with Crippen molar-refractivity contribution in [2.75, 3.05) is 5.32 Å². The average molecular weight is 369 g/mol. The zero-order chi connectivity index (χ0) is 18.9. The molecular formula is C19H24N4O2Si. The summed E-state index contributed by atoms with van der Waals surface area (Å²) in [6, 6.07) is 14.8. The number of fused-ring (bicyclic) bond motifs is 1. The Labute approximate surface area is 154 Å². The Kier molecular flexibility index (Phi) is 4.58. The van der Waals surface area contributed by atoms with Crippen molar-refractivity contribution in [3.8, 4) is 5.75 Å². The van der Waals surface area contributed by atoms with E-state index in [4.69, 9.17) is 4.43 Å². The van der Waals surface area contributed by atoms with Crippen molar-refractivity contribution in [2.45, 2.75) is 38.9 Å². The second-order valence-corrected chi connectivity index (χ2v) is 12.5. The van der Waals surface area contributed by atoms with Gasteiger partial charge in [-0.05, 0) is 53.3 Å². The van der Waals surface area contributed by atoms with Crippen molar-refractivity contribution in [3.63, 3.8) is 0 Å². The largest absolute Gasteiger partial charge is 0.594 e. The number of nitrogens with zero attached hydrogens (tertiary/aromatic N) is 3. The molecular weight excluding hydrogens is 344 g/mol. The molecule has 2 aromatic carbocycles. The summed E-state index contributed by atoms with van der Waals surface area (Å²) in [5, 5.41) is 19.1. The van der Waals surface area contributed by atoms with Gasteiger partial charge in [0.1, 0.15) is 11.3 Å². The molecule has 0 aliphatic carbocycles. The Morgan fingerprint density at radius 1 is 1.04 bits per heavy atom. The van der Waals surface area contributed by atoms with Gasteiger partial charge in [0, 0.05) is 11.8 Å². The molecule has 3 aromatic rings. The van der Waals surface area contributed by atoms with Gasteiger partial charge >= 0.3 is 0 Å². The van der Waals surface area contributed by atoms with E-state index in [1.165, 1.54) is 0 Å². The van der Waals surface area contributed by atoms with E-state index in [9.17, 15) is 5.21 Å². The summed E-state index contributed by atoms with van der Waals surface area (Å²) in [6.07, 6.45) is 0. The van der Waals surface area contributed by atoms with Gasteiger partial charge in [-0.15, -0.1) is 0 Å². The van der Waals surface area contributed by atoms with Crippen molar-refractivity contribution in [1.29, 1.82) is 0 Å². The number of hydrogen-bond donors (Lipinski definition) is 1. The van der Waals surface area contributed by atoms with Crippen LogP contribution in [-0.4, -0.2) is 18.4 Å². The fourth-order valence-corrected chi connectivity index (χ4v) is 3.26. The lowest BCUT2D eigenvalue weighted by atomic mass is 10.2. The molecule has 0 saturated heterocycles. The molecule has 7 heteroatoms. The molecule has 0 amide bonds. The first-order valence-corrected chi connectivity index (χ1v) is 11.5. The maximum atomic E-state index is 12.0. The summed E-state index contributed by atoms with van der Waals surface area (Å²) in [7, 11) is -1.87. The highest BCUT2D eigenvalue weighted by Gasteiger charge is 2.38. The molecule has 0 spiro atoms. The highest BCUT2D eigenvalue weighted by atomic mass is 28.4. The van der Waals surface area contributed by atoms with Crippen LogP contribution in [0.2, 0.25) is 18.1 Å². The van der Waals surface area contributed by atoms with Crippen LogP contribution >= 0.6 is 0 Å². The normalized spacial score (nSPS) is 12.2. The number of aromatic nitrogens is 3. The lowest BCUT2D eigenvalue weighted by Crippen LogP contribution is -2.43. The van der Waals surface area contributed by atoms with Crippen LogP contribution in [0, 0.1) is 5.21 Å². The number of anilines is 2. The van der Waals surface area contributed by atoms with Crippen LogP contribution in [0.3, 0.4) is 0 Å². The van der Waals surface area contributed by atoms with Crippen LogP contribution < -0.4 is 14.6 Å². The van der Waals surface area contributed by atoms with E-state index in [0.29, 0.717) is 15.9 Å². The number of nitrogens with one attached hydrogen (secondary N) is 1. The first-order chi connectivity index (χ1) is 12.2. The molecule has 136 valence electrons. The second-order valence-electron chi connectivity index (χ2n) is 7.81. The minimum Gasteiger partial charge on any atom is -0.594 e. The molecule has 0 unspecified atom stereocenters. The van der Waals surface area contributed by atoms with Crippen LogP contribution in [-0.2, 0) is 0 Å². The first-order valence-electron chi connectivity index (χ1n) is 8.58. The minimum absolute atomic E-state index is 0.143. The van der Waals surface area contributed by atoms with Gasteiger partial charge in [0.2, 0.25) is 8.32 Å². The second kappa shape index (κ2) is 6.57. The molecule has 0 aliphatic heterocycles. The van der Waals surface area contributed by atoms with Crippen LogP contribution in [0.4, 0.5) is 11.6 Å². The zero-order valence-corrected chi connectivity index (χ0v) is 16.8. The van der Waals surface area contributed by atoms with Crippen molar-refractivity contribution < 1.29 is 9.27 Å². The molecule has 0 atom stereocenters. The Morgan fingerprint density at radius 2 is 1.69 bits per heavy atom. The van der Waals surface area contributed by atoms with Crippen LogP contribution in [0.5, 0.6) is 5.75 Å². The SMILES string of the molecule is CC(C)(C)[Si](C)(C)Oc1ccc(Nc2nc3ccccc3[n+]([O-])n2)cc1. The van der Waals surface area contributed by atoms with E-state index in [0.717, 1.165) is 11.4 Å². The summed E-state index contributed by atoms with van der Waals surface area (Å²) < 4.78 is 6.27. The molecule has 3 rings (SSSR count). The summed E-state index contributed by atoms with van der Waals surface area (Å²) in [5.74, 6) is 1.11. The van der Waals surface area contributed by atoms with Crippen molar-refractivity contribution >= 4 is 31.0 Å². The van der Waals surface area contributed by atoms with Gasteiger partial charge in [0.25, 0.3) is 11.5 Å². The summed E-state index contributed by atoms with van der Waals surface area (Å²) in [6.45, 7) is 11.1.